The van der Waals surface area contributed by atoms with Crippen LogP contribution in [0, 0.1) is 13.8 Å². The van der Waals surface area contributed by atoms with Crippen LogP contribution in [0.25, 0.3) is 0 Å². The molecule has 1 aromatic carbocycles. The van der Waals surface area contributed by atoms with Gasteiger partial charge in [0, 0.05) is 8.95 Å². The highest BCUT2D eigenvalue weighted by Crippen LogP contribution is 2.30. The molecule has 1 aromatic heterocycles. The van der Waals surface area contributed by atoms with Crippen LogP contribution in [0.15, 0.2) is 27.1 Å². The molecule has 0 aliphatic rings. The van der Waals surface area contributed by atoms with Gasteiger partial charge in [0.15, 0.2) is 11.0 Å². The summed E-state index contributed by atoms with van der Waals surface area (Å²) in [6.07, 6.45) is 0. The highest BCUT2D eigenvalue weighted by atomic mass is 79.9. The lowest BCUT2D eigenvalue weighted by Crippen LogP contribution is -2.01. The molecule has 0 aliphatic heterocycles. The topological polar surface area (TPSA) is 37.8 Å². The Morgan fingerprint density at radius 1 is 1.11 bits per heavy atom. The SMILES string of the molecule is Cc1nc(Cl)c(Nc2cc(Br)ccc2Br)nc1C. The van der Waals surface area contributed by atoms with Gasteiger partial charge in [0.1, 0.15) is 0 Å². The van der Waals surface area contributed by atoms with Gasteiger partial charge in [-0.1, -0.05) is 27.5 Å². The highest BCUT2D eigenvalue weighted by molar-refractivity contribution is 9.11. The van der Waals surface area contributed by atoms with Gasteiger partial charge in [-0.2, -0.15) is 0 Å². The van der Waals surface area contributed by atoms with E-state index in [0.29, 0.717) is 11.0 Å². The zero-order valence-corrected chi connectivity index (χ0v) is 13.7. The van der Waals surface area contributed by atoms with Gasteiger partial charge in [-0.3, -0.25) is 0 Å². The zero-order chi connectivity index (χ0) is 13.3. The number of anilines is 2. The van der Waals surface area contributed by atoms with Crippen molar-refractivity contribution in [3.05, 3.63) is 43.7 Å². The summed E-state index contributed by atoms with van der Waals surface area (Å²) < 4.78 is 1.91. The monoisotopic (exact) mass is 389 g/mol. The molecule has 6 heteroatoms. The van der Waals surface area contributed by atoms with Crippen LogP contribution in [0.2, 0.25) is 5.15 Å². The number of halogens is 3. The average molecular weight is 391 g/mol. The number of nitrogens with zero attached hydrogens (tertiary/aromatic N) is 2. The minimum absolute atomic E-state index is 0.366. The molecule has 0 atom stereocenters. The second-order valence-electron chi connectivity index (χ2n) is 3.78. The Morgan fingerprint density at radius 2 is 1.78 bits per heavy atom. The Hall–Kier alpha value is -0.650. The number of hydrogen-bond acceptors (Lipinski definition) is 3. The fraction of sp³-hybridized carbons (Fsp3) is 0.167. The number of benzene rings is 1. The number of rotatable bonds is 2. The molecule has 0 saturated heterocycles. The average Bonchev–Trinajstić information content (AvgIpc) is 2.30. The van der Waals surface area contributed by atoms with E-state index >= 15 is 0 Å². The van der Waals surface area contributed by atoms with Crippen LogP contribution in [0.5, 0.6) is 0 Å². The maximum Gasteiger partial charge on any atom is 0.172 e. The molecule has 94 valence electrons. The van der Waals surface area contributed by atoms with Crippen molar-refractivity contribution >= 4 is 55.0 Å². The Labute approximate surface area is 127 Å². The molecule has 0 radical (unpaired) electrons. The molecule has 0 spiro atoms. The third kappa shape index (κ3) is 3.02. The smallest absolute Gasteiger partial charge is 0.172 e. The number of aryl methyl sites for hydroxylation is 2. The summed E-state index contributed by atoms with van der Waals surface area (Å²) in [5.41, 5.74) is 2.57. The molecule has 18 heavy (non-hydrogen) atoms. The van der Waals surface area contributed by atoms with E-state index in [1.54, 1.807) is 0 Å². The summed E-state index contributed by atoms with van der Waals surface area (Å²) >= 11 is 13.0. The van der Waals surface area contributed by atoms with E-state index in [9.17, 15) is 0 Å². The van der Waals surface area contributed by atoms with Crippen molar-refractivity contribution in [3.8, 4) is 0 Å². The van der Waals surface area contributed by atoms with Gasteiger partial charge in [-0.05, 0) is 48.0 Å². The molecule has 2 aromatic rings. The predicted octanol–water partition coefficient (Wildman–Crippen LogP) is 5.02. The fourth-order valence-electron chi connectivity index (χ4n) is 1.38. The van der Waals surface area contributed by atoms with E-state index in [-0.39, 0.29) is 0 Å². The highest BCUT2D eigenvalue weighted by Gasteiger charge is 2.09. The first kappa shape index (κ1) is 13.8. The summed E-state index contributed by atoms with van der Waals surface area (Å²) in [4.78, 5) is 8.63. The molecule has 1 heterocycles. The van der Waals surface area contributed by atoms with Gasteiger partial charge in [-0.15, -0.1) is 0 Å². The second kappa shape index (κ2) is 5.55. The second-order valence-corrected chi connectivity index (χ2v) is 5.91. The quantitative estimate of drug-likeness (QED) is 0.782. The van der Waals surface area contributed by atoms with Crippen molar-refractivity contribution in [2.75, 3.05) is 5.32 Å². The van der Waals surface area contributed by atoms with Gasteiger partial charge in [0.25, 0.3) is 0 Å². The Kier molecular flexibility index (Phi) is 4.25. The third-order valence-electron chi connectivity index (χ3n) is 2.45. The summed E-state index contributed by atoms with van der Waals surface area (Å²) in [5, 5.41) is 3.53. The summed E-state index contributed by atoms with van der Waals surface area (Å²) in [6, 6.07) is 5.83. The molecule has 0 fully saturated rings. The number of aromatic nitrogens is 2. The molecule has 2 rings (SSSR count). The van der Waals surface area contributed by atoms with E-state index in [2.05, 4.69) is 47.1 Å². The largest absolute Gasteiger partial charge is 0.337 e. The fourth-order valence-corrected chi connectivity index (χ4v) is 2.30. The van der Waals surface area contributed by atoms with Crippen LogP contribution in [-0.2, 0) is 0 Å². The first-order chi connectivity index (χ1) is 8.47. The standard InChI is InChI=1S/C12H10Br2ClN3/c1-6-7(2)17-12(11(15)16-6)18-10-5-8(13)3-4-9(10)14/h3-5H,1-2H3,(H,17,18). The number of nitrogens with one attached hydrogen (secondary N) is 1. The van der Waals surface area contributed by atoms with Crippen LogP contribution in [0.3, 0.4) is 0 Å². The minimum Gasteiger partial charge on any atom is -0.337 e. The van der Waals surface area contributed by atoms with Gasteiger partial charge >= 0.3 is 0 Å². The summed E-state index contributed by atoms with van der Waals surface area (Å²) in [7, 11) is 0. The maximum atomic E-state index is 6.08. The molecule has 0 saturated carbocycles. The first-order valence-electron chi connectivity index (χ1n) is 5.20. The Balaban J connectivity index is 2.40. The van der Waals surface area contributed by atoms with Crippen LogP contribution in [0.4, 0.5) is 11.5 Å². The van der Waals surface area contributed by atoms with Crippen molar-refractivity contribution in [1.82, 2.24) is 9.97 Å². The normalized spacial score (nSPS) is 10.5. The Morgan fingerprint density at radius 3 is 2.50 bits per heavy atom. The van der Waals surface area contributed by atoms with Gasteiger partial charge in [0.2, 0.25) is 0 Å². The molecular weight excluding hydrogens is 381 g/mol. The maximum absolute atomic E-state index is 6.08. The summed E-state index contributed by atoms with van der Waals surface area (Å²) in [5.74, 6) is 0.554. The molecule has 1 N–H and O–H groups in total. The van der Waals surface area contributed by atoms with E-state index < -0.39 is 0 Å². The van der Waals surface area contributed by atoms with Crippen molar-refractivity contribution in [1.29, 1.82) is 0 Å². The molecule has 0 unspecified atom stereocenters. The first-order valence-corrected chi connectivity index (χ1v) is 7.16. The lowest BCUT2D eigenvalue weighted by atomic mass is 10.3. The third-order valence-corrected chi connectivity index (χ3v) is 3.89. The van der Waals surface area contributed by atoms with Crippen molar-refractivity contribution < 1.29 is 0 Å². The van der Waals surface area contributed by atoms with E-state index in [4.69, 9.17) is 11.6 Å². The molecule has 0 amide bonds. The molecule has 3 nitrogen and oxygen atoms in total. The van der Waals surface area contributed by atoms with Crippen LogP contribution in [-0.4, -0.2) is 9.97 Å². The lowest BCUT2D eigenvalue weighted by molar-refractivity contribution is 1.05. The lowest BCUT2D eigenvalue weighted by Gasteiger charge is -2.11. The van der Waals surface area contributed by atoms with Crippen molar-refractivity contribution in [2.24, 2.45) is 0 Å². The van der Waals surface area contributed by atoms with Gasteiger partial charge in [0.05, 0.1) is 17.1 Å². The summed E-state index contributed by atoms with van der Waals surface area (Å²) in [6.45, 7) is 3.78. The van der Waals surface area contributed by atoms with E-state index in [1.165, 1.54) is 0 Å². The van der Waals surface area contributed by atoms with Crippen molar-refractivity contribution in [3.63, 3.8) is 0 Å². The predicted molar refractivity (Wildman–Crippen MR) is 81.6 cm³/mol. The molecular formula is C12H10Br2ClN3. The number of hydrogen-bond donors (Lipinski definition) is 1. The van der Waals surface area contributed by atoms with Crippen LogP contribution < -0.4 is 5.32 Å². The van der Waals surface area contributed by atoms with Crippen molar-refractivity contribution in [2.45, 2.75) is 13.8 Å². The van der Waals surface area contributed by atoms with E-state index in [0.717, 1.165) is 26.0 Å². The minimum atomic E-state index is 0.366. The molecule has 0 aliphatic carbocycles. The molecule has 0 bridgehead atoms. The van der Waals surface area contributed by atoms with E-state index in [1.807, 2.05) is 32.0 Å². The zero-order valence-electron chi connectivity index (χ0n) is 9.76. The van der Waals surface area contributed by atoms with Gasteiger partial charge < -0.3 is 5.32 Å². The van der Waals surface area contributed by atoms with Crippen LogP contribution in [0.1, 0.15) is 11.4 Å². The van der Waals surface area contributed by atoms with Gasteiger partial charge in [-0.25, -0.2) is 9.97 Å². The Bertz CT molecular complexity index is 602. The van der Waals surface area contributed by atoms with Crippen LogP contribution >= 0.6 is 43.5 Å².